The van der Waals surface area contributed by atoms with Gasteiger partial charge >= 0.3 is 5.97 Å². The molecule has 7 rings (SSSR count). The molecule has 2 aromatic heterocycles. The Morgan fingerprint density at radius 1 is 1.17 bits per heavy atom. The molecule has 1 aromatic carbocycles. The third kappa shape index (κ3) is 3.75. The summed E-state index contributed by atoms with van der Waals surface area (Å²) in [5.74, 6) is -4.70. The predicted molar refractivity (Wildman–Crippen MR) is 163 cm³/mol. The number of alkyl halides is 1. The van der Waals surface area contributed by atoms with E-state index < -0.39 is 63.7 Å². The first kappa shape index (κ1) is 30.6. The van der Waals surface area contributed by atoms with Gasteiger partial charge in [0, 0.05) is 29.7 Å². The van der Waals surface area contributed by atoms with E-state index in [4.69, 9.17) is 14.0 Å². The number of rotatable bonds is 5. The standard InChI is InChI=1S/C35H37F2N3O6/c1-20-14-23-24-15-26(36)25-16-27-21(19-38-40(27)22-10-7-6-8-11-22)17-32(25,2)34(24,37)29(41)18-33(23,3)35(20,31(43)39(4)44-5)46-30(42)28-12-9-13-45-28/h6-13,15-16,19-20,23-24,29,41H,14,17-18H2,1-5H3/t20-,23?,24?,29?,32+,33+,34+,35+/m1/s1. The van der Waals surface area contributed by atoms with Crippen LogP contribution in [0.15, 0.2) is 76.8 Å². The van der Waals surface area contributed by atoms with E-state index in [1.165, 1.54) is 38.6 Å². The molecule has 2 saturated carbocycles. The van der Waals surface area contributed by atoms with Crippen molar-refractivity contribution < 1.29 is 37.5 Å². The second-order valence-electron chi connectivity index (χ2n) is 13.6. The van der Waals surface area contributed by atoms with Crippen LogP contribution in [0, 0.1) is 28.6 Å². The number of halogens is 2. The topological polar surface area (TPSA) is 107 Å². The van der Waals surface area contributed by atoms with Crippen LogP contribution in [0.1, 0.15) is 55.4 Å². The molecule has 8 atom stereocenters. The lowest BCUT2D eigenvalue weighted by Crippen LogP contribution is -2.70. The summed E-state index contributed by atoms with van der Waals surface area (Å²) >= 11 is 0. The van der Waals surface area contributed by atoms with Crippen molar-refractivity contribution in [3.63, 3.8) is 0 Å². The molecule has 242 valence electrons. The Hall–Kier alpha value is -4.09. The number of benzene rings is 1. The Morgan fingerprint density at radius 3 is 2.59 bits per heavy atom. The number of allylic oxidation sites excluding steroid dienone is 3. The van der Waals surface area contributed by atoms with Crippen LogP contribution in [-0.4, -0.2) is 63.4 Å². The van der Waals surface area contributed by atoms with Gasteiger partial charge in [-0.25, -0.2) is 23.3 Å². The van der Waals surface area contributed by atoms with Gasteiger partial charge in [0.05, 0.1) is 37.1 Å². The highest BCUT2D eigenvalue weighted by atomic mass is 19.1. The van der Waals surface area contributed by atoms with Gasteiger partial charge in [-0.05, 0) is 72.7 Å². The first-order valence-electron chi connectivity index (χ1n) is 15.5. The lowest BCUT2D eigenvalue weighted by molar-refractivity contribution is -0.230. The molecule has 1 N–H and O–H groups in total. The van der Waals surface area contributed by atoms with E-state index in [9.17, 15) is 14.7 Å². The summed E-state index contributed by atoms with van der Waals surface area (Å²) in [5.41, 5.74) is -4.63. The maximum atomic E-state index is 18.3. The minimum Gasteiger partial charge on any atom is -0.457 e. The van der Waals surface area contributed by atoms with Crippen LogP contribution in [0.3, 0.4) is 0 Å². The van der Waals surface area contributed by atoms with Gasteiger partial charge in [-0.1, -0.05) is 39.0 Å². The Labute approximate surface area is 265 Å². The number of hydroxylamine groups is 2. The first-order chi connectivity index (χ1) is 21.8. The van der Waals surface area contributed by atoms with E-state index >= 15 is 8.78 Å². The molecule has 11 heteroatoms. The largest absolute Gasteiger partial charge is 0.457 e. The van der Waals surface area contributed by atoms with E-state index in [-0.39, 0.29) is 30.6 Å². The molecule has 1 amide bonds. The fourth-order valence-corrected chi connectivity index (χ4v) is 9.30. The molecule has 0 saturated heterocycles. The van der Waals surface area contributed by atoms with E-state index in [1.807, 2.05) is 30.3 Å². The van der Waals surface area contributed by atoms with Crippen LogP contribution >= 0.6 is 0 Å². The molecule has 46 heavy (non-hydrogen) atoms. The molecule has 4 aliphatic rings. The monoisotopic (exact) mass is 633 g/mol. The Kier molecular flexibility index (Phi) is 6.78. The highest BCUT2D eigenvalue weighted by molar-refractivity contribution is 5.93. The molecule has 2 heterocycles. The molecule has 3 aromatic rings. The zero-order chi connectivity index (χ0) is 32.8. The smallest absolute Gasteiger partial charge is 0.375 e. The number of esters is 1. The number of aliphatic hydroxyl groups is 1. The zero-order valence-electron chi connectivity index (χ0n) is 26.4. The number of nitrogens with zero attached hydrogens (tertiary/aromatic N) is 3. The van der Waals surface area contributed by atoms with Crippen LogP contribution in [0.2, 0.25) is 0 Å². The summed E-state index contributed by atoms with van der Waals surface area (Å²) < 4.78 is 47.9. The molecular formula is C35H37F2N3O6. The van der Waals surface area contributed by atoms with Gasteiger partial charge in [-0.2, -0.15) is 5.10 Å². The van der Waals surface area contributed by atoms with Crippen molar-refractivity contribution in [1.29, 1.82) is 0 Å². The number of amides is 1. The second kappa shape index (κ2) is 10.2. The third-order valence-electron chi connectivity index (χ3n) is 11.6. The number of ether oxygens (including phenoxy) is 1. The van der Waals surface area contributed by atoms with Gasteiger partial charge < -0.3 is 14.3 Å². The highest BCUT2D eigenvalue weighted by Crippen LogP contribution is 2.71. The maximum Gasteiger partial charge on any atom is 0.375 e. The summed E-state index contributed by atoms with van der Waals surface area (Å²) in [6, 6.07) is 12.4. The quantitative estimate of drug-likeness (QED) is 0.286. The number of carbonyl (C=O) groups is 2. The predicted octanol–water partition coefficient (Wildman–Crippen LogP) is 5.65. The molecule has 0 spiro atoms. The lowest BCUT2D eigenvalue weighted by Gasteiger charge is -2.62. The van der Waals surface area contributed by atoms with E-state index in [0.29, 0.717) is 5.69 Å². The molecule has 0 bridgehead atoms. The molecule has 0 aliphatic heterocycles. The number of carbonyl (C=O) groups excluding carboxylic acids is 2. The van der Waals surface area contributed by atoms with Crippen LogP contribution in [0.5, 0.6) is 0 Å². The van der Waals surface area contributed by atoms with Gasteiger partial charge in [-0.15, -0.1) is 0 Å². The fraction of sp³-hybridized carbons (Fsp3) is 0.457. The first-order valence-corrected chi connectivity index (χ1v) is 15.5. The van der Waals surface area contributed by atoms with Crippen LogP contribution in [0.25, 0.3) is 11.8 Å². The molecule has 9 nitrogen and oxygen atoms in total. The number of furan rings is 1. The van der Waals surface area contributed by atoms with E-state index in [2.05, 4.69) is 5.10 Å². The van der Waals surface area contributed by atoms with E-state index in [1.54, 1.807) is 37.7 Å². The Bertz CT molecular complexity index is 1770. The number of fused-ring (bicyclic) bond motifs is 6. The lowest BCUT2D eigenvalue weighted by atomic mass is 9.45. The van der Waals surface area contributed by atoms with Crippen molar-refractivity contribution in [2.75, 3.05) is 14.2 Å². The number of hydrogen-bond acceptors (Lipinski definition) is 7. The van der Waals surface area contributed by atoms with Crippen molar-refractivity contribution in [3.8, 4) is 5.69 Å². The summed E-state index contributed by atoms with van der Waals surface area (Å²) in [6.45, 7) is 5.15. The van der Waals surface area contributed by atoms with Crippen molar-refractivity contribution in [3.05, 3.63) is 89.4 Å². The SMILES string of the molecule is CON(C)C(=O)[C@@]1(OC(=O)c2ccco2)[C@H](C)CC2C3C=C(F)C4=Cc5c(cnn5-c5ccccc5)C[C@]4(C)[C@@]3(F)C(O)C[C@@]21C. The van der Waals surface area contributed by atoms with Crippen molar-refractivity contribution in [2.24, 2.45) is 28.6 Å². The minimum absolute atomic E-state index is 0.106. The average molecular weight is 634 g/mol. The zero-order valence-corrected chi connectivity index (χ0v) is 26.4. The Morgan fingerprint density at radius 2 is 1.91 bits per heavy atom. The molecule has 4 aliphatic carbocycles. The van der Waals surface area contributed by atoms with E-state index in [0.717, 1.165) is 16.3 Å². The number of para-hydroxylation sites is 1. The van der Waals surface area contributed by atoms with Crippen molar-refractivity contribution >= 4 is 18.0 Å². The summed E-state index contributed by atoms with van der Waals surface area (Å²) in [6.07, 6.45) is 4.37. The van der Waals surface area contributed by atoms with Crippen LogP contribution in [0.4, 0.5) is 8.78 Å². The minimum atomic E-state index is -2.32. The van der Waals surface area contributed by atoms with Gasteiger partial charge in [-0.3, -0.25) is 9.63 Å². The maximum absolute atomic E-state index is 18.3. The van der Waals surface area contributed by atoms with Crippen LogP contribution in [-0.2, 0) is 20.8 Å². The molecule has 3 unspecified atom stereocenters. The number of hydrogen-bond donors (Lipinski definition) is 1. The third-order valence-corrected chi connectivity index (χ3v) is 11.6. The van der Waals surface area contributed by atoms with Crippen molar-refractivity contribution in [2.45, 2.75) is 57.4 Å². The molecule has 0 radical (unpaired) electrons. The fourth-order valence-electron chi connectivity index (χ4n) is 9.30. The number of aromatic nitrogens is 2. The summed E-state index contributed by atoms with van der Waals surface area (Å²) in [4.78, 5) is 32.9. The highest BCUT2D eigenvalue weighted by Gasteiger charge is 2.78. The van der Waals surface area contributed by atoms with Crippen LogP contribution < -0.4 is 0 Å². The summed E-state index contributed by atoms with van der Waals surface area (Å²) in [7, 11) is 2.72. The van der Waals surface area contributed by atoms with Gasteiger partial charge in [0.1, 0.15) is 5.83 Å². The molecule has 2 fully saturated rings. The average Bonchev–Trinajstić information content (AvgIpc) is 3.77. The number of aliphatic hydroxyl groups excluding tert-OH is 1. The van der Waals surface area contributed by atoms with Gasteiger partial charge in [0.2, 0.25) is 11.4 Å². The summed E-state index contributed by atoms with van der Waals surface area (Å²) in [5, 5.41) is 17.6. The van der Waals surface area contributed by atoms with Gasteiger partial charge in [0.15, 0.2) is 5.67 Å². The number of likely N-dealkylation sites (N-methyl/N-ethyl adjacent to an activating group) is 1. The molecular weight excluding hydrogens is 596 g/mol. The van der Waals surface area contributed by atoms with Crippen molar-refractivity contribution in [1.82, 2.24) is 14.8 Å². The second-order valence-corrected chi connectivity index (χ2v) is 13.6. The normalized spacial score (nSPS) is 36.0. The van der Waals surface area contributed by atoms with Gasteiger partial charge in [0.25, 0.3) is 5.91 Å². The Balaban J connectivity index is 1.36.